The lowest BCUT2D eigenvalue weighted by atomic mass is 10.1. The van der Waals surface area contributed by atoms with E-state index in [9.17, 15) is 9.59 Å². The fraction of sp³-hybridized carbons (Fsp3) is 0.318. The SMILES string of the molecule is CCN(CC)Cc1ccccc1CNC(=O)Cn1cnc2ccccc2c1=O. The highest BCUT2D eigenvalue weighted by atomic mass is 16.2. The fourth-order valence-electron chi connectivity index (χ4n) is 3.20. The van der Waals surface area contributed by atoms with E-state index in [1.165, 1.54) is 16.5 Å². The molecule has 3 aromatic rings. The van der Waals surface area contributed by atoms with Crippen LogP contribution in [0, 0.1) is 0 Å². The zero-order valence-electron chi connectivity index (χ0n) is 16.4. The number of carbonyl (C=O) groups excluding carboxylic acids is 1. The van der Waals surface area contributed by atoms with Crippen LogP contribution < -0.4 is 10.9 Å². The standard InChI is InChI=1S/C22H26N4O2/c1-3-25(4-2)14-18-10-6-5-9-17(18)13-23-21(27)15-26-16-24-20-12-8-7-11-19(20)22(26)28/h5-12,16H,3-4,13-15H2,1-2H3,(H,23,27). The van der Waals surface area contributed by atoms with Gasteiger partial charge in [0.25, 0.3) is 5.56 Å². The number of para-hydroxylation sites is 1. The van der Waals surface area contributed by atoms with Crippen molar-refractivity contribution >= 4 is 16.8 Å². The van der Waals surface area contributed by atoms with Crippen LogP contribution in [0.1, 0.15) is 25.0 Å². The Kier molecular flexibility index (Phi) is 6.55. The third kappa shape index (κ3) is 4.64. The summed E-state index contributed by atoms with van der Waals surface area (Å²) in [6.45, 7) is 7.49. The van der Waals surface area contributed by atoms with Crippen molar-refractivity contribution in [3.63, 3.8) is 0 Å². The monoisotopic (exact) mass is 378 g/mol. The first kappa shape index (κ1) is 19.8. The zero-order chi connectivity index (χ0) is 19.9. The first-order chi connectivity index (χ1) is 13.6. The first-order valence-corrected chi connectivity index (χ1v) is 9.62. The average molecular weight is 378 g/mol. The van der Waals surface area contributed by atoms with E-state index in [-0.39, 0.29) is 18.0 Å². The van der Waals surface area contributed by atoms with Crippen molar-refractivity contribution < 1.29 is 4.79 Å². The maximum absolute atomic E-state index is 12.5. The largest absolute Gasteiger partial charge is 0.350 e. The first-order valence-electron chi connectivity index (χ1n) is 9.62. The Morgan fingerprint density at radius 2 is 1.71 bits per heavy atom. The number of fused-ring (bicyclic) bond motifs is 1. The molecule has 0 atom stereocenters. The molecule has 0 saturated heterocycles. The van der Waals surface area contributed by atoms with Gasteiger partial charge in [-0.25, -0.2) is 4.98 Å². The number of nitrogens with one attached hydrogen (secondary N) is 1. The van der Waals surface area contributed by atoms with E-state index in [0.29, 0.717) is 17.4 Å². The highest BCUT2D eigenvalue weighted by Gasteiger charge is 2.10. The Morgan fingerprint density at radius 1 is 1.04 bits per heavy atom. The summed E-state index contributed by atoms with van der Waals surface area (Å²) in [5, 5.41) is 3.44. The second kappa shape index (κ2) is 9.28. The van der Waals surface area contributed by atoms with Crippen LogP contribution in [0.3, 0.4) is 0 Å². The highest BCUT2D eigenvalue weighted by molar-refractivity contribution is 5.78. The second-order valence-electron chi connectivity index (χ2n) is 6.70. The number of aromatic nitrogens is 2. The van der Waals surface area contributed by atoms with Gasteiger partial charge in [0, 0.05) is 13.1 Å². The smallest absolute Gasteiger partial charge is 0.261 e. The van der Waals surface area contributed by atoms with Crippen LogP contribution in [0.2, 0.25) is 0 Å². The minimum atomic E-state index is -0.211. The quantitative estimate of drug-likeness (QED) is 0.654. The van der Waals surface area contributed by atoms with E-state index < -0.39 is 0 Å². The van der Waals surface area contributed by atoms with Crippen molar-refractivity contribution in [3.05, 3.63) is 76.3 Å². The van der Waals surface area contributed by atoms with E-state index in [1.807, 2.05) is 24.3 Å². The molecule has 3 rings (SSSR count). The lowest BCUT2D eigenvalue weighted by Crippen LogP contribution is -2.32. The molecule has 0 saturated carbocycles. The van der Waals surface area contributed by atoms with E-state index in [0.717, 1.165) is 25.2 Å². The number of rotatable bonds is 8. The molecule has 6 nitrogen and oxygen atoms in total. The topological polar surface area (TPSA) is 67.2 Å². The summed E-state index contributed by atoms with van der Waals surface area (Å²) >= 11 is 0. The Morgan fingerprint density at radius 3 is 2.46 bits per heavy atom. The average Bonchev–Trinajstić information content (AvgIpc) is 2.73. The van der Waals surface area contributed by atoms with Crippen molar-refractivity contribution in [2.45, 2.75) is 33.5 Å². The third-order valence-electron chi connectivity index (χ3n) is 4.93. The molecular formula is C22H26N4O2. The molecule has 1 N–H and O–H groups in total. The van der Waals surface area contributed by atoms with E-state index in [1.54, 1.807) is 18.2 Å². The van der Waals surface area contributed by atoms with Crippen LogP contribution in [0.4, 0.5) is 0 Å². The van der Waals surface area contributed by atoms with Gasteiger partial charge >= 0.3 is 0 Å². The molecular weight excluding hydrogens is 352 g/mol. The number of benzene rings is 2. The van der Waals surface area contributed by atoms with Gasteiger partial charge in [0.05, 0.1) is 17.2 Å². The molecule has 146 valence electrons. The molecule has 28 heavy (non-hydrogen) atoms. The van der Waals surface area contributed by atoms with Crippen molar-refractivity contribution in [1.29, 1.82) is 0 Å². The molecule has 0 fully saturated rings. The number of nitrogens with zero attached hydrogens (tertiary/aromatic N) is 3. The van der Waals surface area contributed by atoms with Gasteiger partial charge < -0.3 is 5.32 Å². The summed E-state index contributed by atoms with van der Waals surface area (Å²) in [5.41, 5.74) is 2.72. The molecule has 0 bridgehead atoms. The van der Waals surface area contributed by atoms with Crippen LogP contribution in [-0.4, -0.2) is 33.4 Å². The van der Waals surface area contributed by atoms with Gasteiger partial charge in [0.15, 0.2) is 0 Å². The number of hydrogen-bond acceptors (Lipinski definition) is 4. The summed E-state index contributed by atoms with van der Waals surface area (Å²) in [6, 6.07) is 15.3. The van der Waals surface area contributed by atoms with Crippen LogP contribution in [0.25, 0.3) is 10.9 Å². The minimum Gasteiger partial charge on any atom is -0.350 e. The van der Waals surface area contributed by atoms with E-state index >= 15 is 0 Å². The number of hydrogen-bond donors (Lipinski definition) is 1. The minimum absolute atomic E-state index is 0.0467. The van der Waals surface area contributed by atoms with Gasteiger partial charge in [0.1, 0.15) is 6.54 Å². The van der Waals surface area contributed by atoms with Crippen LogP contribution in [-0.2, 0) is 24.4 Å². The van der Waals surface area contributed by atoms with Gasteiger partial charge in [0.2, 0.25) is 5.91 Å². The predicted octanol–water partition coefficient (Wildman–Crippen LogP) is 2.55. The summed E-state index contributed by atoms with van der Waals surface area (Å²) in [6.07, 6.45) is 1.43. The third-order valence-corrected chi connectivity index (χ3v) is 4.93. The summed E-state index contributed by atoms with van der Waals surface area (Å²) < 4.78 is 1.35. The highest BCUT2D eigenvalue weighted by Crippen LogP contribution is 2.12. The molecule has 0 radical (unpaired) electrons. The Balaban J connectivity index is 1.67. The van der Waals surface area contributed by atoms with E-state index in [4.69, 9.17) is 0 Å². The molecule has 0 aliphatic heterocycles. The Hall–Kier alpha value is -2.99. The maximum Gasteiger partial charge on any atom is 0.261 e. The van der Waals surface area contributed by atoms with Crippen LogP contribution in [0.5, 0.6) is 0 Å². The van der Waals surface area contributed by atoms with Gasteiger partial charge in [-0.1, -0.05) is 50.2 Å². The molecule has 0 aliphatic carbocycles. The molecule has 6 heteroatoms. The molecule has 0 aliphatic rings. The zero-order valence-corrected chi connectivity index (χ0v) is 16.4. The maximum atomic E-state index is 12.5. The number of amides is 1. The van der Waals surface area contributed by atoms with Gasteiger partial charge in [-0.05, 0) is 36.3 Å². The molecule has 0 unspecified atom stereocenters. The summed E-state index contributed by atoms with van der Waals surface area (Å²) in [5.74, 6) is -0.211. The molecule has 0 spiro atoms. The summed E-state index contributed by atoms with van der Waals surface area (Å²) in [7, 11) is 0. The van der Waals surface area contributed by atoms with Crippen molar-refractivity contribution in [3.8, 4) is 0 Å². The lowest BCUT2D eigenvalue weighted by Gasteiger charge is -2.20. The fourth-order valence-corrected chi connectivity index (χ4v) is 3.20. The molecule has 1 amide bonds. The normalized spacial score (nSPS) is 11.1. The summed E-state index contributed by atoms with van der Waals surface area (Å²) in [4.78, 5) is 31.5. The van der Waals surface area contributed by atoms with Crippen LogP contribution in [0.15, 0.2) is 59.7 Å². The Labute approximate surface area is 164 Å². The van der Waals surface area contributed by atoms with Crippen molar-refractivity contribution in [2.75, 3.05) is 13.1 Å². The van der Waals surface area contributed by atoms with Gasteiger partial charge in [-0.15, -0.1) is 0 Å². The van der Waals surface area contributed by atoms with Gasteiger partial charge in [-0.3, -0.25) is 19.1 Å². The lowest BCUT2D eigenvalue weighted by molar-refractivity contribution is -0.121. The van der Waals surface area contributed by atoms with Crippen molar-refractivity contribution in [1.82, 2.24) is 19.8 Å². The van der Waals surface area contributed by atoms with Gasteiger partial charge in [-0.2, -0.15) is 0 Å². The van der Waals surface area contributed by atoms with Crippen molar-refractivity contribution in [2.24, 2.45) is 0 Å². The molecule has 1 heterocycles. The predicted molar refractivity (Wildman–Crippen MR) is 111 cm³/mol. The van der Waals surface area contributed by atoms with Crippen LogP contribution >= 0.6 is 0 Å². The molecule has 1 aromatic heterocycles. The molecule has 2 aromatic carbocycles. The van der Waals surface area contributed by atoms with E-state index in [2.05, 4.69) is 35.1 Å². The Bertz CT molecular complexity index is 1010. The number of carbonyl (C=O) groups is 1. The second-order valence-corrected chi connectivity index (χ2v) is 6.70.